The van der Waals surface area contributed by atoms with Crippen LogP contribution in [0.2, 0.25) is 0 Å². The van der Waals surface area contributed by atoms with Crippen LogP contribution in [0.4, 0.5) is 10.1 Å². The largest absolute Gasteiger partial charge is 0.378 e. The maximum atomic E-state index is 13.4. The molecule has 1 fully saturated rings. The standard InChI is InChI=1S/C21H27FN4O/c1-23-21(25(2)16-18-4-3-5-19(22)14-18)24-15-17-6-8-20(9-7-17)26-10-12-27-13-11-26/h3-9,14H,10-13,15-16H2,1-2H3,(H,23,24). The summed E-state index contributed by atoms with van der Waals surface area (Å²) in [5.74, 6) is 0.556. The molecule has 144 valence electrons. The lowest BCUT2D eigenvalue weighted by Crippen LogP contribution is -2.38. The van der Waals surface area contributed by atoms with Crippen molar-refractivity contribution in [2.24, 2.45) is 4.99 Å². The Kier molecular flexibility index (Phi) is 6.65. The molecule has 0 radical (unpaired) electrons. The topological polar surface area (TPSA) is 40.1 Å². The van der Waals surface area contributed by atoms with Crippen LogP contribution in [0.25, 0.3) is 0 Å². The smallest absolute Gasteiger partial charge is 0.193 e. The first-order valence-electron chi connectivity index (χ1n) is 9.23. The molecular formula is C21H27FN4O. The van der Waals surface area contributed by atoms with Crippen LogP contribution in [-0.4, -0.2) is 51.3 Å². The van der Waals surface area contributed by atoms with Gasteiger partial charge in [-0.3, -0.25) is 4.99 Å². The Morgan fingerprint density at radius 1 is 1.15 bits per heavy atom. The normalized spacial score (nSPS) is 14.9. The molecule has 1 heterocycles. The van der Waals surface area contributed by atoms with Crippen LogP contribution in [-0.2, 0) is 17.8 Å². The zero-order valence-corrected chi connectivity index (χ0v) is 16.0. The molecule has 0 unspecified atom stereocenters. The number of hydrogen-bond donors (Lipinski definition) is 1. The number of nitrogens with one attached hydrogen (secondary N) is 1. The van der Waals surface area contributed by atoms with Crippen LogP contribution >= 0.6 is 0 Å². The lowest BCUT2D eigenvalue weighted by molar-refractivity contribution is 0.122. The fourth-order valence-electron chi connectivity index (χ4n) is 3.20. The van der Waals surface area contributed by atoms with Crippen molar-refractivity contribution in [3.8, 4) is 0 Å². The molecule has 0 atom stereocenters. The predicted molar refractivity (Wildman–Crippen MR) is 108 cm³/mol. The highest BCUT2D eigenvalue weighted by Crippen LogP contribution is 2.16. The van der Waals surface area contributed by atoms with Gasteiger partial charge in [0, 0.05) is 46.0 Å². The molecule has 1 N–H and O–H groups in total. The molecule has 6 heteroatoms. The minimum Gasteiger partial charge on any atom is -0.378 e. The first kappa shape index (κ1) is 19.2. The summed E-state index contributed by atoms with van der Waals surface area (Å²) in [7, 11) is 3.70. The third-order valence-electron chi connectivity index (χ3n) is 4.65. The second-order valence-corrected chi connectivity index (χ2v) is 6.65. The monoisotopic (exact) mass is 370 g/mol. The average Bonchev–Trinajstić information content (AvgIpc) is 2.69. The zero-order valence-electron chi connectivity index (χ0n) is 16.0. The molecule has 1 saturated heterocycles. The van der Waals surface area contributed by atoms with E-state index in [4.69, 9.17) is 4.74 Å². The fourth-order valence-corrected chi connectivity index (χ4v) is 3.20. The van der Waals surface area contributed by atoms with Crippen molar-refractivity contribution in [2.75, 3.05) is 45.3 Å². The van der Waals surface area contributed by atoms with Gasteiger partial charge in [0.15, 0.2) is 5.96 Å². The number of aliphatic imine (C=N–C) groups is 1. The maximum Gasteiger partial charge on any atom is 0.193 e. The van der Waals surface area contributed by atoms with E-state index in [1.807, 2.05) is 18.0 Å². The van der Waals surface area contributed by atoms with Crippen LogP contribution in [0.5, 0.6) is 0 Å². The number of nitrogens with zero attached hydrogens (tertiary/aromatic N) is 3. The van der Waals surface area contributed by atoms with Crippen LogP contribution in [0.15, 0.2) is 53.5 Å². The summed E-state index contributed by atoms with van der Waals surface area (Å²) in [4.78, 5) is 8.65. The van der Waals surface area contributed by atoms with Gasteiger partial charge in [-0.15, -0.1) is 0 Å². The van der Waals surface area contributed by atoms with Gasteiger partial charge in [-0.2, -0.15) is 0 Å². The van der Waals surface area contributed by atoms with Crippen molar-refractivity contribution in [3.63, 3.8) is 0 Å². The SMILES string of the molecule is CN=C(NCc1ccc(N2CCOCC2)cc1)N(C)Cc1cccc(F)c1. The van der Waals surface area contributed by atoms with Crippen LogP contribution in [0.1, 0.15) is 11.1 Å². The Balaban J connectivity index is 1.54. The molecule has 0 spiro atoms. The van der Waals surface area contributed by atoms with E-state index in [-0.39, 0.29) is 5.82 Å². The average molecular weight is 370 g/mol. The third-order valence-corrected chi connectivity index (χ3v) is 4.65. The van der Waals surface area contributed by atoms with E-state index in [9.17, 15) is 4.39 Å². The van der Waals surface area contributed by atoms with Gasteiger partial charge in [-0.05, 0) is 35.4 Å². The highest BCUT2D eigenvalue weighted by Gasteiger charge is 2.11. The molecule has 1 aliphatic rings. The first-order valence-corrected chi connectivity index (χ1v) is 9.23. The quantitative estimate of drug-likeness (QED) is 0.649. The first-order chi connectivity index (χ1) is 13.2. The van der Waals surface area contributed by atoms with Crippen LogP contribution in [0.3, 0.4) is 0 Å². The molecule has 2 aromatic rings. The minimum atomic E-state index is -0.218. The van der Waals surface area contributed by atoms with Gasteiger partial charge in [-0.1, -0.05) is 24.3 Å². The van der Waals surface area contributed by atoms with Crippen molar-refractivity contribution in [3.05, 3.63) is 65.5 Å². The number of benzene rings is 2. The van der Waals surface area contributed by atoms with E-state index in [0.29, 0.717) is 13.1 Å². The van der Waals surface area contributed by atoms with Gasteiger partial charge in [0.2, 0.25) is 0 Å². The Hall–Kier alpha value is -2.60. The maximum absolute atomic E-state index is 13.4. The molecule has 0 bridgehead atoms. The van der Waals surface area contributed by atoms with Crippen molar-refractivity contribution >= 4 is 11.6 Å². The van der Waals surface area contributed by atoms with E-state index < -0.39 is 0 Å². The van der Waals surface area contributed by atoms with E-state index in [1.54, 1.807) is 19.2 Å². The van der Waals surface area contributed by atoms with Gasteiger partial charge in [0.25, 0.3) is 0 Å². The number of guanidine groups is 1. The number of halogens is 1. The lowest BCUT2D eigenvalue weighted by Gasteiger charge is -2.29. The highest BCUT2D eigenvalue weighted by atomic mass is 19.1. The van der Waals surface area contributed by atoms with Crippen LogP contribution in [0, 0.1) is 5.82 Å². The Labute approximate surface area is 160 Å². The van der Waals surface area contributed by atoms with Crippen molar-refractivity contribution in [1.82, 2.24) is 10.2 Å². The van der Waals surface area contributed by atoms with E-state index >= 15 is 0 Å². The summed E-state index contributed by atoms with van der Waals surface area (Å²) >= 11 is 0. The van der Waals surface area contributed by atoms with E-state index in [2.05, 4.69) is 39.5 Å². The molecule has 0 amide bonds. The Morgan fingerprint density at radius 2 is 1.89 bits per heavy atom. The molecule has 2 aromatic carbocycles. The number of rotatable bonds is 5. The second kappa shape index (κ2) is 9.37. The number of hydrogen-bond acceptors (Lipinski definition) is 3. The number of anilines is 1. The number of morpholine rings is 1. The third kappa shape index (κ3) is 5.44. The van der Waals surface area contributed by atoms with Gasteiger partial charge >= 0.3 is 0 Å². The Bertz CT molecular complexity index is 757. The summed E-state index contributed by atoms with van der Waals surface area (Å²) in [6.07, 6.45) is 0. The summed E-state index contributed by atoms with van der Waals surface area (Å²) in [5, 5.41) is 3.37. The van der Waals surface area contributed by atoms with E-state index in [0.717, 1.165) is 37.8 Å². The lowest BCUT2D eigenvalue weighted by atomic mass is 10.2. The molecule has 5 nitrogen and oxygen atoms in total. The molecule has 0 aliphatic carbocycles. The summed E-state index contributed by atoms with van der Waals surface area (Å²) in [6, 6.07) is 15.2. The van der Waals surface area contributed by atoms with E-state index in [1.165, 1.54) is 17.3 Å². The minimum absolute atomic E-state index is 0.218. The Morgan fingerprint density at radius 3 is 2.56 bits per heavy atom. The van der Waals surface area contributed by atoms with Crippen molar-refractivity contribution in [2.45, 2.75) is 13.1 Å². The van der Waals surface area contributed by atoms with Crippen LogP contribution < -0.4 is 10.2 Å². The molecular weight excluding hydrogens is 343 g/mol. The highest BCUT2D eigenvalue weighted by molar-refractivity contribution is 5.79. The predicted octanol–water partition coefficient (Wildman–Crippen LogP) is 2.87. The number of ether oxygens (including phenoxy) is 1. The second-order valence-electron chi connectivity index (χ2n) is 6.65. The van der Waals surface area contributed by atoms with Gasteiger partial charge in [-0.25, -0.2) is 4.39 Å². The summed E-state index contributed by atoms with van der Waals surface area (Å²) in [6.45, 7) is 4.73. The van der Waals surface area contributed by atoms with Crippen molar-refractivity contribution in [1.29, 1.82) is 0 Å². The molecule has 0 saturated carbocycles. The van der Waals surface area contributed by atoms with Gasteiger partial charge in [0.05, 0.1) is 13.2 Å². The molecule has 1 aliphatic heterocycles. The molecule has 3 rings (SSSR count). The molecule has 27 heavy (non-hydrogen) atoms. The van der Waals surface area contributed by atoms with Gasteiger partial charge < -0.3 is 19.9 Å². The summed E-state index contributed by atoms with van der Waals surface area (Å²) < 4.78 is 18.8. The fraction of sp³-hybridized carbons (Fsp3) is 0.381. The van der Waals surface area contributed by atoms with Gasteiger partial charge in [0.1, 0.15) is 5.82 Å². The molecule has 0 aromatic heterocycles. The van der Waals surface area contributed by atoms with Crippen molar-refractivity contribution < 1.29 is 9.13 Å². The zero-order chi connectivity index (χ0) is 19.1. The summed E-state index contributed by atoms with van der Waals surface area (Å²) in [5.41, 5.74) is 3.33.